The monoisotopic (exact) mass is 317 g/mol. The van der Waals surface area contributed by atoms with Gasteiger partial charge in [-0.25, -0.2) is 9.07 Å². The van der Waals surface area contributed by atoms with Crippen molar-refractivity contribution in [3.63, 3.8) is 0 Å². The topological polar surface area (TPSA) is 67.2 Å². The van der Waals surface area contributed by atoms with Crippen molar-refractivity contribution >= 4 is 5.91 Å². The summed E-state index contributed by atoms with van der Waals surface area (Å²) < 4.78 is 15.1. The molecule has 2 N–H and O–H groups in total. The molecule has 1 amide bonds. The first kappa shape index (κ1) is 15.7. The molecule has 1 heterocycles. The Balaban J connectivity index is 1.76. The van der Waals surface area contributed by atoms with Gasteiger partial charge >= 0.3 is 0 Å². The van der Waals surface area contributed by atoms with E-state index in [9.17, 15) is 14.3 Å². The number of hydrogen-bond donors (Lipinski definition) is 2. The van der Waals surface area contributed by atoms with Gasteiger partial charge < -0.3 is 10.4 Å². The molecule has 3 rings (SSSR count). The summed E-state index contributed by atoms with van der Waals surface area (Å²) in [6, 6.07) is 7.76. The highest BCUT2D eigenvalue weighted by atomic mass is 19.1. The molecule has 1 aliphatic rings. The van der Waals surface area contributed by atoms with Crippen LogP contribution in [0.3, 0.4) is 0 Å². The number of rotatable bonds is 4. The highest BCUT2D eigenvalue weighted by Gasteiger charge is 2.39. The van der Waals surface area contributed by atoms with Crippen molar-refractivity contribution in [2.75, 3.05) is 6.61 Å². The number of aliphatic hydroxyl groups is 1. The Morgan fingerprint density at radius 3 is 3.00 bits per heavy atom. The van der Waals surface area contributed by atoms with Gasteiger partial charge in [0.05, 0.1) is 6.61 Å². The number of carbonyl (C=O) groups excluding carboxylic acids is 1. The van der Waals surface area contributed by atoms with Gasteiger partial charge in [-0.2, -0.15) is 5.10 Å². The van der Waals surface area contributed by atoms with Crippen LogP contribution in [-0.4, -0.2) is 33.4 Å². The van der Waals surface area contributed by atoms with Crippen LogP contribution in [0, 0.1) is 11.2 Å². The molecule has 0 radical (unpaired) electrons. The van der Waals surface area contributed by atoms with E-state index < -0.39 is 5.82 Å². The van der Waals surface area contributed by atoms with Crippen molar-refractivity contribution in [3.05, 3.63) is 48.0 Å². The molecule has 1 saturated carbocycles. The van der Waals surface area contributed by atoms with E-state index in [1.165, 1.54) is 10.7 Å². The third-order valence-corrected chi connectivity index (χ3v) is 4.67. The van der Waals surface area contributed by atoms with Gasteiger partial charge in [0.1, 0.15) is 11.5 Å². The lowest BCUT2D eigenvalue weighted by molar-refractivity contribution is 0.0825. The average Bonchev–Trinajstić information content (AvgIpc) is 3.16. The van der Waals surface area contributed by atoms with Gasteiger partial charge in [-0.15, -0.1) is 0 Å². The smallest absolute Gasteiger partial charge is 0.272 e. The lowest BCUT2D eigenvalue weighted by Crippen LogP contribution is -2.44. The summed E-state index contributed by atoms with van der Waals surface area (Å²) in [4.78, 5) is 12.4. The summed E-state index contributed by atoms with van der Waals surface area (Å²) in [5.41, 5.74) is 0.247. The molecule has 23 heavy (non-hydrogen) atoms. The summed E-state index contributed by atoms with van der Waals surface area (Å²) in [6.07, 6.45) is 4.27. The van der Waals surface area contributed by atoms with E-state index in [1.807, 2.05) is 6.92 Å². The SMILES string of the molecule is CC1(CO)CCCC1NC(=O)c1ccn(-c2ccccc2F)n1. The zero-order valence-electron chi connectivity index (χ0n) is 13.0. The van der Waals surface area contributed by atoms with Crippen LogP contribution < -0.4 is 5.32 Å². The van der Waals surface area contributed by atoms with Crippen LogP contribution in [0.25, 0.3) is 5.69 Å². The first-order valence-electron chi connectivity index (χ1n) is 7.76. The largest absolute Gasteiger partial charge is 0.396 e. The Morgan fingerprint density at radius 2 is 2.26 bits per heavy atom. The van der Waals surface area contributed by atoms with Crippen LogP contribution in [0.15, 0.2) is 36.5 Å². The third kappa shape index (κ3) is 2.99. The standard InChI is InChI=1S/C17H20FN3O2/c1-17(11-22)9-4-7-15(17)19-16(23)13-8-10-21(20-13)14-6-3-2-5-12(14)18/h2-3,5-6,8,10,15,22H,4,7,9,11H2,1H3,(H,19,23). The maximum atomic E-state index is 13.8. The van der Waals surface area contributed by atoms with Crippen molar-refractivity contribution < 1.29 is 14.3 Å². The van der Waals surface area contributed by atoms with Crippen LogP contribution in [0.1, 0.15) is 36.7 Å². The van der Waals surface area contributed by atoms with Crippen LogP contribution >= 0.6 is 0 Å². The number of benzene rings is 1. The Bertz CT molecular complexity index is 715. The molecular weight excluding hydrogens is 297 g/mol. The average molecular weight is 317 g/mol. The number of halogens is 1. The van der Waals surface area contributed by atoms with Crippen molar-refractivity contribution in [2.24, 2.45) is 5.41 Å². The molecule has 0 aliphatic heterocycles. The predicted octanol–water partition coefficient (Wildman–Crippen LogP) is 2.29. The minimum Gasteiger partial charge on any atom is -0.396 e. The molecular formula is C17H20FN3O2. The molecule has 1 aromatic heterocycles. The summed E-state index contributed by atoms with van der Waals surface area (Å²) in [5.74, 6) is -0.696. The zero-order valence-corrected chi connectivity index (χ0v) is 13.0. The molecule has 5 nitrogen and oxygen atoms in total. The van der Waals surface area contributed by atoms with Crippen molar-refractivity contribution in [2.45, 2.75) is 32.2 Å². The summed E-state index contributed by atoms with van der Waals surface area (Å²) in [7, 11) is 0. The number of aromatic nitrogens is 2. The van der Waals surface area contributed by atoms with Gasteiger partial charge in [0.25, 0.3) is 5.91 Å². The summed E-state index contributed by atoms with van der Waals surface area (Å²) in [5, 5.41) is 16.7. The van der Waals surface area contributed by atoms with E-state index in [-0.39, 0.29) is 29.7 Å². The number of amides is 1. The molecule has 2 unspecified atom stereocenters. The van der Waals surface area contributed by atoms with Crippen LogP contribution in [0.5, 0.6) is 0 Å². The fourth-order valence-electron chi connectivity index (χ4n) is 3.12. The van der Waals surface area contributed by atoms with E-state index in [0.717, 1.165) is 19.3 Å². The maximum Gasteiger partial charge on any atom is 0.272 e. The van der Waals surface area contributed by atoms with Gasteiger partial charge in [-0.3, -0.25) is 4.79 Å². The van der Waals surface area contributed by atoms with Gasteiger partial charge in [-0.1, -0.05) is 25.5 Å². The summed E-state index contributed by atoms with van der Waals surface area (Å²) in [6.45, 7) is 2.02. The molecule has 122 valence electrons. The maximum absolute atomic E-state index is 13.8. The quantitative estimate of drug-likeness (QED) is 0.909. The van der Waals surface area contributed by atoms with E-state index in [0.29, 0.717) is 5.69 Å². The Morgan fingerprint density at radius 1 is 1.48 bits per heavy atom. The van der Waals surface area contributed by atoms with Gasteiger partial charge in [0, 0.05) is 17.7 Å². The molecule has 0 bridgehead atoms. The number of nitrogens with one attached hydrogen (secondary N) is 1. The number of para-hydroxylation sites is 1. The lowest BCUT2D eigenvalue weighted by Gasteiger charge is -2.29. The minimum atomic E-state index is -0.397. The number of carbonyl (C=O) groups is 1. The highest BCUT2D eigenvalue weighted by molar-refractivity contribution is 5.92. The second-order valence-electron chi connectivity index (χ2n) is 6.33. The number of aliphatic hydroxyl groups excluding tert-OH is 1. The minimum absolute atomic E-state index is 0.0433. The fourth-order valence-corrected chi connectivity index (χ4v) is 3.12. The molecule has 2 aromatic rings. The lowest BCUT2D eigenvalue weighted by atomic mass is 9.86. The molecule has 6 heteroatoms. The Hall–Kier alpha value is -2.21. The molecule has 0 saturated heterocycles. The van der Waals surface area contributed by atoms with Crippen LogP contribution in [0.4, 0.5) is 4.39 Å². The first-order chi connectivity index (χ1) is 11.0. The highest BCUT2D eigenvalue weighted by Crippen LogP contribution is 2.37. The number of hydrogen-bond acceptors (Lipinski definition) is 3. The van der Waals surface area contributed by atoms with Crippen molar-refractivity contribution in [1.82, 2.24) is 15.1 Å². The molecule has 1 aromatic carbocycles. The third-order valence-electron chi connectivity index (χ3n) is 4.67. The van der Waals surface area contributed by atoms with Crippen LogP contribution in [0.2, 0.25) is 0 Å². The van der Waals surface area contributed by atoms with Gasteiger partial charge in [-0.05, 0) is 31.0 Å². The summed E-state index contributed by atoms with van der Waals surface area (Å²) >= 11 is 0. The van der Waals surface area contributed by atoms with E-state index in [2.05, 4.69) is 10.4 Å². The van der Waals surface area contributed by atoms with Crippen LogP contribution in [-0.2, 0) is 0 Å². The second-order valence-corrected chi connectivity index (χ2v) is 6.33. The van der Waals surface area contributed by atoms with E-state index >= 15 is 0 Å². The van der Waals surface area contributed by atoms with Gasteiger partial charge in [0.15, 0.2) is 5.69 Å². The predicted molar refractivity (Wildman–Crippen MR) is 83.8 cm³/mol. The number of nitrogens with zero attached hydrogens (tertiary/aromatic N) is 2. The Labute approximate surface area is 134 Å². The molecule has 1 aliphatic carbocycles. The van der Waals surface area contributed by atoms with E-state index in [4.69, 9.17) is 0 Å². The molecule has 1 fully saturated rings. The first-order valence-corrected chi connectivity index (χ1v) is 7.76. The van der Waals surface area contributed by atoms with Crippen molar-refractivity contribution in [3.8, 4) is 5.69 Å². The fraction of sp³-hybridized carbons (Fsp3) is 0.412. The molecule has 2 atom stereocenters. The van der Waals surface area contributed by atoms with E-state index in [1.54, 1.807) is 30.5 Å². The Kier molecular flexibility index (Phi) is 4.17. The normalized spacial score (nSPS) is 23.9. The molecule has 0 spiro atoms. The second kappa shape index (κ2) is 6.12. The van der Waals surface area contributed by atoms with Gasteiger partial charge in [0.2, 0.25) is 0 Å². The van der Waals surface area contributed by atoms with Crippen molar-refractivity contribution in [1.29, 1.82) is 0 Å². The zero-order chi connectivity index (χ0) is 16.4.